The number of benzene rings is 3. The Morgan fingerprint density at radius 3 is 2.38 bits per heavy atom. The molecule has 1 aromatic heterocycles. The van der Waals surface area contributed by atoms with E-state index in [2.05, 4.69) is 10.6 Å². The van der Waals surface area contributed by atoms with E-state index in [0.717, 1.165) is 34.6 Å². The number of rotatable bonds is 7. The smallest absolute Gasteiger partial charge is 0.336 e. The van der Waals surface area contributed by atoms with Gasteiger partial charge in [0.05, 0.1) is 4.88 Å². The van der Waals surface area contributed by atoms with Crippen LogP contribution >= 0.6 is 18.9 Å². The van der Waals surface area contributed by atoms with Crippen LogP contribution in [0.2, 0.25) is 0 Å². The van der Waals surface area contributed by atoms with Gasteiger partial charge in [-0.25, -0.2) is 0 Å². The largest absolute Gasteiger partial charge is 0.399 e. The van der Waals surface area contributed by atoms with Crippen LogP contribution < -0.4 is 10.6 Å². The fourth-order valence-corrected chi connectivity index (χ4v) is 7.18. The number of carbonyl (C=O) groups excluding carboxylic acids is 3. The number of anilines is 1. The van der Waals surface area contributed by atoms with Gasteiger partial charge < -0.3 is 25.3 Å². The Hall–Kier alpha value is -4.22. The molecule has 9 nitrogen and oxygen atoms in total. The first-order valence-corrected chi connectivity index (χ1v) is 16.6. The van der Waals surface area contributed by atoms with Gasteiger partial charge in [0.15, 0.2) is 0 Å². The predicted octanol–water partition coefficient (Wildman–Crippen LogP) is 5.85. The minimum Gasteiger partial charge on any atom is -0.336 e. The molecule has 3 aromatic carbocycles. The first-order valence-electron chi connectivity index (χ1n) is 14.2. The van der Waals surface area contributed by atoms with Crippen molar-refractivity contribution < 1.29 is 37.5 Å². The molecule has 6 rings (SSSR count). The molecule has 4 aromatic rings. The maximum atomic E-state index is 14.2. The molecule has 0 unspecified atom stereocenters. The summed E-state index contributed by atoms with van der Waals surface area (Å²) in [6.07, 6.45) is 5.00. The highest BCUT2D eigenvalue weighted by atomic mass is 32.1. The number of carbonyl (C=O) groups is 3. The summed E-state index contributed by atoms with van der Waals surface area (Å²) in [6, 6.07) is 19.7. The van der Waals surface area contributed by atoms with Crippen molar-refractivity contribution in [1.29, 1.82) is 0 Å². The van der Waals surface area contributed by atoms with Gasteiger partial charge in [0.25, 0.3) is 5.91 Å². The highest BCUT2D eigenvalue weighted by Gasteiger charge is 2.50. The van der Waals surface area contributed by atoms with E-state index in [0.29, 0.717) is 29.6 Å². The van der Waals surface area contributed by atoms with Crippen LogP contribution in [0.25, 0.3) is 21.2 Å². The number of fused-ring (bicyclic) bond motifs is 2. The molecule has 45 heavy (non-hydrogen) atoms. The van der Waals surface area contributed by atoms with Crippen molar-refractivity contribution in [2.24, 2.45) is 0 Å². The van der Waals surface area contributed by atoms with Gasteiger partial charge in [0, 0.05) is 22.0 Å². The Morgan fingerprint density at radius 1 is 0.956 bits per heavy atom. The zero-order chi connectivity index (χ0) is 31.9. The van der Waals surface area contributed by atoms with Crippen LogP contribution in [-0.2, 0) is 19.8 Å². The Morgan fingerprint density at radius 2 is 1.67 bits per heavy atom. The number of alkyl halides is 2. The maximum absolute atomic E-state index is 14.2. The Labute approximate surface area is 260 Å². The number of hydrogen-bond acceptors (Lipinski definition) is 5. The molecular weight excluding hydrogens is 623 g/mol. The SMILES string of the molecule is O=C(N[C@H]1C=CC[C@H]2CC[C@@H](C(=O)Nc3ccc(-c4ccccc4)cc3)N2C1=O)c1cc2cc(C(F)(F)P(=O)(O)O)ccc2s1. The number of hydrogen-bond donors (Lipinski definition) is 4. The molecule has 13 heteroatoms. The number of amides is 3. The normalized spacial score (nSPS) is 20.1. The van der Waals surface area contributed by atoms with Gasteiger partial charge in [-0.2, -0.15) is 8.78 Å². The van der Waals surface area contributed by atoms with E-state index in [9.17, 15) is 27.7 Å². The lowest BCUT2D eigenvalue weighted by Gasteiger charge is -2.30. The topological polar surface area (TPSA) is 136 Å². The van der Waals surface area contributed by atoms with E-state index in [1.165, 1.54) is 12.1 Å². The Balaban J connectivity index is 1.15. The molecule has 4 N–H and O–H groups in total. The second kappa shape index (κ2) is 11.9. The van der Waals surface area contributed by atoms with Crippen LogP contribution in [0.15, 0.2) is 91.0 Å². The van der Waals surface area contributed by atoms with Gasteiger partial charge in [-0.1, -0.05) is 60.7 Å². The van der Waals surface area contributed by atoms with Crippen LogP contribution in [-0.4, -0.2) is 50.5 Å². The molecule has 2 aliphatic rings. The highest BCUT2D eigenvalue weighted by Crippen LogP contribution is 2.59. The van der Waals surface area contributed by atoms with Gasteiger partial charge in [0.2, 0.25) is 11.8 Å². The van der Waals surface area contributed by atoms with Crippen LogP contribution in [0.5, 0.6) is 0 Å². The van der Waals surface area contributed by atoms with E-state index >= 15 is 0 Å². The zero-order valence-electron chi connectivity index (χ0n) is 23.6. The standard InChI is InChI=1S/C32H28F2N3O6PS/c33-32(34,44(41,42)43)22-11-16-27-21(17-22)18-28(45-27)30(39)36-25-8-4-7-24-14-15-26(37(24)31(25)40)29(38)35-23-12-9-20(10-13-23)19-5-2-1-3-6-19/h1-6,8-13,16-18,24-26H,7,14-15H2,(H,35,38)(H,36,39)(H2,41,42,43)/t24-,25-,26-/m0/s1. The molecule has 1 saturated heterocycles. The van der Waals surface area contributed by atoms with Crippen molar-refractivity contribution in [3.8, 4) is 11.1 Å². The molecular formula is C32H28F2N3O6PS. The summed E-state index contributed by atoms with van der Waals surface area (Å²) >= 11 is 0.989. The summed E-state index contributed by atoms with van der Waals surface area (Å²) in [6.45, 7) is 0. The van der Waals surface area contributed by atoms with Gasteiger partial charge in [-0.3, -0.25) is 18.9 Å². The van der Waals surface area contributed by atoms with Gasteiger partial charge in [-0.05, 0) is 66.1 Å². The lowest BCUT2D eigenvalue weighted by molar-refractivity contribution is -0.139. The molecule has 2 aliphatic heterocycles. The predicted molar refractivity (Wildman–Crippen MR) is 167 cm³/mol. The molecule has 232 valence electrons. The molecule has 0 bridgehead atoms. The molecule has 3 atom stereocenters. The summed E-state index contributed by atoms with van der Waals surface area (Å²) in [5, 5.41) is 5.80. The highest BCUT2D eigenvalue weighted by molar-refractivity contribution is 7.52. The Bertz CT molecular complexity index is 1860. The van der Waals surface area contributed by atoms with Gasteiger partial charge in [-0.15, -0.1) is 11.3 Å². The zero-order valence-corrected chi connectivity index (χ0v) is 25.3. The van der Waals surface area contributed by atoms with E-state index in [1.807, 2.05) is 54.6 Å². The molecule has 0 aliphatic carbocycles. The monoisotopic (exact) mass is 651 g/mol. The van der Waals surface area contributed by atoms with Crippen molar-refractivity contribution in [2.45, 2.75) is 43.1 Å². The Kier molecular flexibility index (Phi) is 8.17. The third kappa shape index (κ3) is 6.06. The van der Waals surface area contributed by atoms with Crippen molar-refractivity contribution in [3.05, 3.63) is 101 Å². The molecule has 0 saturated carbocycles. The van der Waals surface area contributed by atoms with E-state index < -0.39 is 42.7 Å². The van der Waals surface area contributed by atoms with Crippen molar-refractivity contribution in [2.75, 3.05) is 5.32 Å². The number of nitrogens with one attached hydrogen (secondary N) is 2. The molecule has 0 radical (unpaired) electrons. The van der Waals surface area contributed by atoms with E-state index in [1.54, 1.807) is 17.1 Å². The molecule has 1 fully saturated rings. The van der Waals surface area contributed by atoms with Crippen molar-refractivity contribution >= 4 is 52.4 Å². The number of nitrogens with zero attached hydrogens (tertiary/aromatic N) is 1. The summed E-state index contributed by atoms with van der Waals surface area (Å²) in [4.78, 5) is 60.1. The van der Waals surface area contributed by atoms with Crippen LogP contribution in [0.3, 0.4) is 0 Å². The van der Waals surface area contributed by atoms with E-state index in [-0.39, 0.29) is 22.2 Å². The van der Waals surface area contributed by atoms with Crippen LogP contribution in [0.1, 0.15) is 34.5 Å². The summed E-state index contributed by atoms with van der Waals surface area (Å²) < 4.78 is 40.2. The second-order valence-electron chi connectivity index (χ2n) is 11.0. The third-order valence-electron chi connectivity index (χ3n) is 8.06. The van der Waals surface area contributed by atoms with Crippen LogP contribution in [0, 0.1) is 0 Å². The minimum absolute atomic E-state index is 0.123. The van der Waals surface area contributed by atoms with Gasteiger partial charge >= 0.3 is 13.3 Å². The van der Waals surface area contributed by atoms with Gasteiger partial charge in [0.1, 0.15) is 12.1 Å². The quantitative estimate of drug-likeness (QED) is 0.146. The number of thiophene rings is 1. The maximum Gasteiger partial charge on any atom is 0.399 e. The lowest BCUT2D eigenvalue weighted by atomic mass is 10.1. The van der Waals surface area contributed by atoms with Crippen molar-refractivity contribution in [1.82, 2.24) is 10.2 Å². The average Bonchev–Trinajstić information content (AvgIpc) is 3.61. The van der Waals surface area contributed by atoms with Crippen LogP contribution in [0.4, 0.5) is 14.5 Å². The molecule has 3 heterocycles. The van der Waals surface area contributed by atoms with E-state index in [4.69, 9.17) is 9.79 Å². The summed E-state index contributed by atoms with van der Waals surface area (Å²) in [5.41, 5.74) is -2.61. The third-order valence-corrected chi connectivity index (χ3v) is 10.2. The van der Waals surface area contributed by atoms with Crippen molar-refractivity contribution in [3.63, 3.8) is 0 Å². The summed E-state index contributed by atoms with van der Waals surface area (Å²) in [5.74, 6) is -1.37. The molecule has 3 amide bonds. The lowest BCUT2D eigenvalue weighted by Crippen LogP contribution is -2.53. The average molecular weight is 652 g/mol. The first-order chi connectivity index (χ1) is 21.4. The fraction of sp³-hybridized carbons (Fsp3) is 0.219. The fourth-order valence-electron chi connectivity index (χ4n) is 5.75. The number of halogens is 2. The summed E-state index contributed by atoms with van der Waals surface area (Å²) in [7, 11) is -5.76. The molecule has 0 spiro atoms. The second-order valence-corrected chi connectivity index (χ2v) is 13.7. The first kappa shape index (κ1) is 30.8. The minimum atomic E-state index is -5.76.